The standard InChI is InChI=1S/C30H43NO2S2/c1-5-24(19-20-27(6-2)33-4)21-26-17-13-14-18-28(29(22-26)31-32)30(34-7-3)35-23-25-15-11-9-8-10-12-16-25/h5,8-9,11,15-16,19-20,26,32H,1,6-7,10,12-14,17-18,21-23H2,2-4H3/b9-8?,15-11-,24-19+,25-16+,27-20+,30-28-,31-29+. The van der Waals surface area contributed by atoms with Gasteiger partial charge in [-0.1, -0.05) is 74.5 Å². The van der Waals surface area contributed by atoms with Gasteiger partial charge < -0.3 is 9.94 Å². The average Bonchev–Trinajstić information content (AvgIpc) is 2.84. The molecule has 0 bridgehead atoms. The summed E-state index contributed by atoms with van der Waals surface area (Å²) in [5.74, 6) is 3.36. The van der Waals surface area contributed by atoms with Crippen LogP contribution in [0.2, 0.25) is 0 Å². The Balaban J connectivity index is 2.21. The maximum atomic E-state index is 10.1. The first kappa shape index (κ1) is 29.4. The van der Waals surface area contributed by atoms with E-state index in [2.05, 4.69) is 62.0 Å². The third-order valence-corrected chi connectivity index (χ3v) is 8.80. The lowest BCUT2D eigenvalue weighted by molar-refractivity contribution is 0.281. The van der Waals surface area contributed by atoms with Gasteiger partial charge in [0.25, 0.3) is 0 Å². The van der Waals surface area contributed by atoms with Gasteiger partial charge in [0.05, 0.1) is 18.6 Å². The van der Waals surface area contributed by atoms with E-state index in [1.54, 1.807) is 7.11 Å². The quantitative estimate of drug-likeness (QED) is 0.129. The van der Waals surface area contributed by atoms with E-state index in [9.17, 15) is 5.21 Å². The number of oxime groups is 1. The van der Waals surface area contributed by atoms with Crippen molar-refractivity contribution < 1.29 is 9.94 Å². The molecule has 35 heavy (non-hydrogen) atoms. The van der Waals surface area contributed by atoms with Crippen LogP contribution in [0.15, 0.2) is 87.1 Å². The third-order valence-electron chi connectivity index (χ3n) is 6.31. The second-order valence-corrected chi connectivity index (χ2v) is 11.4. The fraction of sp³-hybridized carbons (Fsp3) is 0.500. The van der Waals surface area contributed by atoms with Crippen LogP contribution in [-0.2, 0) is 4.74 Å². The van der Waals surface area contributed by atoms with E-state index >= 15 is 0 Å². The largest absolute Gasteiger partial charge is 0.501 e. The summed E-state index contributed by atoms with van der Waals surface area (Å²) in [5.41, 5.74) is 4.70. The van der Waals surface area contributed by atoms with Crippen LogP contribution in [0.3, 0.4) is 0 Å². The van der Waals surface area contributed by atoms with E-state index in [1.165, 1.54) is 27.4 Å². The van der Waals surface area contributed by atoms with Crippen molar-refractivity contribution in [3.8, 4) is 0 Å². The zero-order chi connectivity index (χ0) is 25.3. The lowest BCUT2D eigenvalue weighted by atomic mass is 9.84. The molecule has 2 aliphatic carbocycles. The molecule has 0 radical (unpaired) electrons. The zero-order valence-electron chi connectivity index (χ0n) is 21.8. The number of nitrogens with zero attached hydrogens (tertiary/aromatic N) is 1. The van der Waals surface area contributed by atoms with Crippen LogP contribution in [0.4, 0.5) is 0 Å². The van der Waals surface area contributed by atoms with Crippen molar-refractivity contribution in [2.75, 3.05) is 18.6 Å². The van der Waals surface area contributed by atoms with E-state index in [-0.39, 0.29) is 0 Å². The van der Waals surface area contributed by atoms with Gasteiger partial charge in [0.1, 0.15) is 0 Å². The molecule has 1 N–H and O–H groups in total. The lowest BCUT2D eigenvalue weighted by Crippen LogP contribution is -2.16. The molecule has 1 unspecified atom stereocenters. The molecule has 0 aromatic carbocycles. The molecule has 0 amide bonds. The molecule has 192 valence electrons. The minimum atomic E-state index is 0.433. The predicted molar refractivity (Wildman–Crippen MR) is 157 cm³/mol. The van der Waals surface area contributed by atoms with E-state index in [1.807, 2.05) is 35.7 Å². The van der Waals surface area contributed by atoms with Gasteiger partial charge in [-0.05, 0) is 79.4 Å². The van der Waals surface area contributed by atoms with Gasteiger partial charge in [0.2, 0.25) is 0 Å². The molecule has 3 nitrogen and oxygen atoms in total. The molecule has 0 spiro atoms. The molecule has 0 aliphatic heterocycles. The average molecular weight is 514 g/mol. The number of hydrogen-bond acceptors (Lipinski definition) is 5. The maximum absolute atomic E-state index is 10.1. The molecule has 5 heteroatoms. The Kier molecular flexibility index (Phi) is 14.7. The van der Waals surface area contributed by atoms with Gasteiger partial charge in [0, 0.05) is 16.4 Å². The first-order valence-electron chi connectivity index (χ1n) is 12.9. The summed E-state index contributed by atoms with van der Waals surface area (Å²) in [4.78, 5) is 0. The molecule has 0 aromatic heterocycles. The van der Waals surface area contributed by atoms with Crippen LogP contribution in [-0.4, -0.2) is 29.5 Å². The smallest absolute Gasteiger partial charge is 0.0952 e. The topological polar surface area (TPSA) is 41.8 Å². The van der Waals surface area contributed by atoms with E-state index < -0.39 is 0 Å². The Morgan fingerprint density at radius 2 is 2.06 bits per heavy atom. The summed E-state index contributed by atoms with van der Waals surface area (Å²) in [5, 5.41) is 13.9. The van der Waals surface area contributed by atoms with Crippen molar-refractivity contribution in [3.05, 3.63) is 81.9 Å². The Hall–Kier alpha value is -1.85. The highest BCUT2D eigenvalue weighted by molar-refractivity contribution is 8.22. The van der Waals surface area contributed by atoms with E-state index in [4.69, 9.17) is 4.74 Å². The van der Waals surface area contributed by atoms with Crippen LogP contribution in [0.25, 0.3) is 0 Å². The summed E-state index contributed by atoms with van der Waals surface area (Å²) >= 11 is 3.79. The van der Waals surface area contributed by atoms with Gasteiger partial charge in [0.15, 0.2) is 0 Å². The zero-order valence-corrected chi connectivity index (χ0v) is 23.4. The van der Waals surface area contributed by atoms with Crippen molar-refractivity contribution in [2.45, 2.75) is 71.6 Å². The van der Waals surface area contributed by atoms with Crippen LogP contribution < -0.4 is 0 Å². The molecular weight excluding hydrogens is 470 g/mol. The van der Waals surface area contributed by atoms with Crippen molar-refractivity contribution in [2.24, 2.45) is 11.1 Å². The van der Waals surface area contributed by atoms with Gasteiger partial charge in [-0.3, -0.25) is 0 Å². The van der Waals surface area contributed by atoms with Gasteiger partial charge in [-0.25, -0.2) is 0 Å². The first-order chi connectivity index (χ1) is 17.1. The Bertz CT molecular complexity index is 884. The molecule has 2 rings (SSSR count). The second-order valence-electron chi connectivity index (χ2n) is 8.83. The molecule has 0 aromatic rings. The molecule has 1 atom stereocenters. The Morgan fingerprint density at radius 1 is 1.20 bits per heavy atom. The number of rotatable bonds is 11. The highest BCUT2D eigenvalue weighted by atomic mass is 32.2. The lowest BCUT2D eigenvalue weighted by Gasteiger charge is -2.24. The number of allylic oxidation sites excluding steroid dienone is 11. The Morgan fingerprint density at radius 3 is 2.77 bits per heavy atom. The van der Waals surface area contributed by atoms with Crippen molar-refractivity contribution in [1.29, 1.82) is 0 Å². The number of thioether (sulfide) groups is 2. The summed E-state index contributed by atoms with van der Waals surface area (Å²) in [7, 11) is 1.72. The van der Waals surface area contributed by atoms with Gasteiger partial charge in [-0.15, -0.1) is 23.5 Å². The normalized spacial score (nSPS) is 25.1. The number of methoxy groups -OCH3 is 1. The summed E-state index contributed by atoms with van der Waals surface area (Å²) < 4.78 is 6.73. The summed E-state index contributed by atoms with van der Waals surface area (Å²) in [6.45, 7) is 8.33. The number of hydrogen-bond donors (Lipinski definition) is 1. The first-order valence-corrected chi connectivity index (χ1v) is 14.9. The van der Waals surface area contributed by atoms with Crippen LogP contribution in [0, 0.1) is 5.92 Å². The molecule has 0 heterocycles. The monoisotopic (exact) mass is 513 g/mol. The van der Waals surface area contributed by atoms with Crippen molar-refractivity contribution >= 4 is 29.2 Å². The van der Waals surface area contributed by atoms with E-state index in [0.29, 0.717) is 5.92 Å². The Labute approximate surface area is 221 Å². The SMILES string of the molecule is C=C/C(=C\C=C(/CC)OC)CC1CCCCC(=C(\SCC)SCC2=C/CCC=C/C=C\2)/C(=N/O)C1. The minimum Gasteiger partial charge on any atom is -0.501 e. The van der Waals surface area contributed by atoms with Crippen LogP contribution in [0.1, 0.15) is 71.6 Å². The minimum absolute atomic E-state index is 0.433. The summed E-state index contributed by atoms with van der Waals surface area (Å²) in [6, 6.07) is 0. The third kappa shape index (κ3) is 10.7. The number of ether oxygens (including phenoxy) is 1. The molecular formula is C30H43NO2S2. The van der Waals surface area contributed by atoms with Crippen molar-refractivity contribution in [3.63, 3.8) is 0 Å². The molecule has 1 saturated carbocycles. The van der Waals surface area contributed by atoms with Gasteiger partial charge >= 0.3 is 0 Å². The molecule has 1 fully saturated rings. The molecule has 2 aliphatic rings. The summed E-state index contributed by atoms with van der Waals surface area (Å²) in [6.07, 6.45) is 26.4. The highest BCUT2D eigenvalue weighted by Crippen LogP contribution is 2.39. The highest BCUT2D eigenvalue weighted by Gasteiger charge is 2.23. The van der Waals surface area contributed by atoms with Crippen LogP contribution in [0.5, 0.6) is 0 Å². The maximum Gasteiger partial charge on any atom is 0.0952 e. The fourth-order valence-corrected chi connectivity index (χ4v) is 6.77. The predicted octanol–water partition coefficient (Wildman–Crippen LogP) is 9.37. The van der Waals surface area contributed by atoms with Gasteiger partial charge in [-0.2, -0.15) is 0 Å². The van der Waals surface area contributed by atoms with Crippen molar-refractivity contribution in [1.82, 2.24) is 0 Å². The fourth-order valence-electron chi connectivity index (χ4n) is 4.35. The molecule has 0 saturated heterocycles. The van der Waals surface area contributed by atoms with Crippen LogP contribution >= 0.6 is 23.5 Å². The van der Waals surface area contributed by atoms with E-state index in [0.717, 1.165) is 74.3 Å². The second kappa shape index (κ2) is 17.6.